The van der Waals surface area contributed by atoms with Gasteiger partial charge >= 0.3 is 0 Å². The van der Waals surface area contributed by atoms with Crippen LogP contribution in [-0.4, -0.2) is 42.8 Å². The second-order valence-corrected chi connectivity index (χ2v) is 7.06. The molecular formula is C19H23FN4O. The molecule has 0 bridgehead atoms. The SMILES string of the molecule is NCC1CN(c2cncc(-c3ccc(F)cc3)n2)CC12CCOCC2. The van der Waals surface area contributed by atoms with Crippen LogP contribution in [0.15, 0.2) is 36.7 Å². The van der Waals surface area contributed by atoms with Crippen LogP contribution in [0.1, 0.15) is 12.8 Å². The highest BCUT2D eigenvalue weighted by atomic mass is 19.1. The molecule has 2 saturated heterocycles. The topological polar surface area (TPSA) is 64.3 Å². The predicted molar refractivity (Wildman–Crippen MR) is 94.7 cm³/mol. The molecule has 1 unspecified atom stereocenters. The molecular weight excluding hydrogens is 319 g/mol. The molecule has 132 valence electrons. The maximum atomic E-state index is 13.1. The Morgan fingerprint density at radius 1 is 1.20 bits per heavy atom. The van der Waals surface area contributed by atoms with E-state index in [2.05, 4.69) is 9.88 Å². The molecule has 2 fully saturated rings. The predicted octanol–water partition coefficient (Wildman–Crippen LogP) is 2.47. The molecule has 6 heteroatoms. The minimum absolute atomic E-state index is 0.223. The molecule has 2 aliphatic rings. The third-order valence-electron chi connectivity index (χ3n) is 5.67. The molecule has 0 amide bonds. The Morgan fingerprint density at radius 3 is 2.68 bits per heavy atom. The van der Waals surface area contributed by atoms with Crippen LogP contribution in [0.4, 0.5) is 10.2 Å². The highest BCUT2D eigenvalue weighted by molar-refractivity contribution is 5.60. The zero-order valence-corrected chi connectivity index (χ0v) is 14.2. The minimum Gasteiger partial charge on any atom is -0.381 e. The van der Waals surface area contributed by atoms with Crippen molar-refractivity contribution in [1.82, 2.24) is 9.97 Å². The van der Waals surface area contributed by atoms with E-state index in [4.69, 9.17) is 15.5 Å². The Bertz CT molecular complexity index is 730. The molecule has 5 nitrogen and oxygen atoms in total. The number of nitrogens with two attached hydrogens (primary N) is 1. The van der Waals surface area contributed by atoms with Crippen molar-refractivity contribution in [3.05, 3.63) is 42.5 Å². The summed E-state index contributed by atoms with van der Waals surface area (Å²) >= 11 is 0. The van der Waals surface area contributed by atoms with Gasteiger partial charge in [-0.2, -0.15) is 0 Å². The summed E-state index contributed by atoms with van der Waals surface area (Å²) in [5.41, 5.74) is 7.92. The van der Waals surface area contributed by atoms with E-state index in [0.29, 0.717) is 12.5 Å². The Hall–Kier alpha value is -2.05. The van der Waals surface area contributed by atoms with Crippen LogP contribution in [0, 0.1) is 17.2 Å². The smallest absolute Gasteiger partial charge is 0.147 e. The number of hydrogen-bond acceptors (Lipinski definition) is 5. The van der Waals surface area contributed by atoms with Gasteiger partial charge in [0.1, 0.15) is 11.6 Å². The van der Waals surface area contributed by atoms with Crippen molar-refractivity contribution >= 4 is 5.82 Å². The number of hydrogen-bond donors (Lipinski definition) is 1. The van der Waals surface area contributed by atoms with E-state index >= 15 is 0 Å². The number of benzene rings is 1. The first-order chi connectivity index (χ1) is 12.2. The Morgan fingerprint density at radius 2 is 1.96 bits per heavy atom. The quantitative estimate of drug-likeness (QED) is 0.928. The van der Waals surface area contributed by atoms with E-state index in [0.717, 1.165) is 56.2 Å². The minimum atomic E-state index is -0.250. The summed E-state index contributed by atoms with van der Waals surface area (Å²) in [6.45, 7) is 4.15. The van der Waals surface area contributed by atoms with Gasteiger partial charge in [-0.1, -0.05) is 0 Å². The zero-order valence-electron chi connectivity index (χ0n) is 14.2. The van der Waals surface area contributed by atoms with Gasteiger partial charge in [0.15, 0.2) is 0 Å². The molecule has 25 heavy (non-hydrogen) atoms. The lowest BCUT2D eigenvalue weighted by molar-refractivity contribution is 0.00490. The van der Waals surface area contributed by atoms with Crippen LogP contribution >= 0.6 is 0 Å². The number of nitrogens with zero attached hydrogens (tertiary/aromatic N) is 3. The second kappa shape index (κ2) is 6.69. The van der Waals surface area contributed by atoms with Crippen molar-refractivity contribution in [2.75, 3.05) is 37.7 Å². The van der Waals surface area contributed by atoms with Crippen molar-refractivity contribution in [2.45, 2.75) is 12.8 Å². The van der Waals surface area contributed by atoms with Crippen molar-refractivity contribution in [3.8, 4) is 11.3 Å². The molecule has 0 saturated carbocycles. The monoisotopic (exact) mass is 342 g/mol. The van der Waals surface area contributed by atoms with E-state index in [1.807, 2.05) is 0 Å². The fraction of sp³-hybridized carbons (Fsp3) is 0.474. The average Bonchev–Trinajstić information content (AvgIpc) is 3.01. The van der Waals surface area contributed by atoms with E-state index in [1.54, 1.807) is 24.5 Å². The molecule has 0 aliphatic carbocycles. The lowest BCUT2D eigenvalue weighted by Gasteiger charge is -2.37. The van der Waals surface area contributed by atoms with Crippen molar-refractivity contribution in [3.63, 3.8) is 0 Å². The summed E-state index contributed by atoms with van der Waals surface area (Å²) in [5, 5.41) is 0. The van der Waals surface area contributed by atoms with Crippen LogP contribution < -0.4 is 10.6 Å². The Labute approximate surface area is 147 Å². The van der Waals surface area contributed by atoms with Gasteiger partial charge in [0.2, 0.25) is 0 Å². The standard InChI is InChI=1S/C19H23FN4O/c20-16-3-1-14(2-4-16)17-10-22-11-18(23-17)24-12-15(9-21)19(13-24)5-7-25-8-6-19/h1-4,10-11,15H,5-9,12-13,21H2. The normalized spacial score (nSPS) is 22.5. The largest absolute Gasteiger partial charge is 0.381 e. The fourth-order valence-electron chi connectivity index (χ4n) is 4.14. The highest BCUT2D eigenvalue weighted by Gasteiger charge is 2.46. The molecule has 3 heterocycles. The molecule has 1 aromatic heterocycles. The molecule has 1 spiro atoms. The van der Waals surface area contributed by atoms with Gasteiger partial charge in [0.05, 0.1) is 18.1 Å². The summed E-state index contributed by atoms with van der Waals surface area (Å²) in [5.74, 6) is 1.07. The lowest BCUT2D eigenvalue weighted by atomic mass is 9.72. The number of rotatable bonds is 3. The number of ether oxygens (including phenoxy) is 1. The van der Waals surface area contributed by atoms with Crippen LogP contribution in [0.5, 0.6) is 0 Å². The number of aromatic nitrogens is 2. The van der Waals surface area contributed by atoms with Gasteiger partial charge < -0.3 is 15.4 Å². The van der Waals surface area contributed by atoms with Crippen molar-refractivity contribution in [2.24, 2.45) is 17.1 Å². The third-order valence-corrected chi connectivity index (χ3v) is 5.67. The first kappa shape index (κ1) is 16.4. The summed E-state index contributed by atoms with van der Waals surface area (Å²) < 4.78 is 18.7. The zero-order chi connectivity index (χ0) is 17.3. The molecule has 0 radical (unpaired) electrons. The second-order valence-electron chi connectivity index (χ2n) is 7.06. The molecule has 1 aromatic carbocycles. The van der Waals surface area contributed by atoms with Crippen molar-refractivity contribution in [1.29, 1.82) is 0 Å². The fourth-order valence-corrected chi connectivity index (χ4v) is 4.14. The van der Waals surface area contributed by atoms with Crippen molar-refractivity contribution < 1.29 is 9.13 Å². The van der Waals surface area contributed by atoms with Crippen LogP contribution in [0.2, 0.25) is 0 Å². The van der Waals surface area contributed by atoms with Gasteiger partial charge in [-0.3, -0.25) is 4.98 Å². The van der Waals surface area contributed by atoms with Crippen LogP contribution in [-0.2, 0) is 4.74 Å². The Kier molecular flexibility index (Phi) is 4.39. The Balaban J connectivity index is 1.60. The van der Waals surface area contributed by atoms with E-state index in [1.165, 1.54) is 12.1 Å². The van der Waals surface area contributed by atoms with Gasteiger partial charge in [0.25, 0.3) is 0 Å². The summed E-state index contributed by atoms with van der Waals surface area (Å²) in [4.78, 5) is 11.4. The molecule has 2 aliphatic heterocycles. The molecule has 2 aromatic rings. The van der Waals surface area contributed by atoms with E-state index in [9.17, 15) is 4.39 Å². The summed E-state index contributed by atoms with van der Waals surface area (Å²) in [6.07, 6.45) is 5.63. The van der Waals surface area contributed by atoms with Crippen LogP contribution in [0.25, 0.3) is 11.3 Å². The van der Waals surface area contributed by atoms with Gasteiger partial charge in [-0.25, -0.2) is 9.37 Å². The number of halogens is 1. The highest BCUT2D eigenvalue weighted by Crippen LogP contribution is 2.44. The van der Waals surface area contributed by atoms with Gasteiger partial charge in [0, 0.05) is 31.9 Å². The summed E-state index contributed by atoms with van der Waals surface area (Å²) in [7, 11) is 0. The summed E-state index contributed by atoms with van der Waals surface area (Å²) in [6, 6.07) is 6.35. The molecule has 4 rings (SSSR count). The molecule has 1 atom stereocenters. The van der Waals surface area contributed by atoms with E-state index < -0.39 is 0 Å². The van der Waals surface area contributed by atoms with Crippen LogP contribution in [0.3, 0.4) is 0 Å². The maximum Gasteiger partial charge on any atom is 0.147 e. The lowest BCUT2D eigenvalue weighted by Crippen LogP contribution is -2.39. The molecule has 2 N–H and O–H groups in total. The average molecular weight is 342 g/mol. The van der Waals surface area contributed by atoms with Gasteiger partial charge in [-0.15, -0.1) is 0 Å². The first-order valence-electron chi connectivity index (χ1n) is 8.81. The first-order valence-corrected chi connectivity index (χ1v) is 8.81. The number of anilines is 1. The van der Waals surface area contributed by atoms with E-state index in [-0.39, 0.29) is 11.2 Å². The third kappa shape index (κ3) is 3.12. The van der Waals surface area contributed by atoms with Gasteiger partial charge in [-0.05, 0) is 55.0 Å². The maximum absolute atomic E-state index is 13.1.